The summed E-state index contributed by atoms with van der Waals surface area (Å²) in [6, 6.07) is 13.6. The van der Waals surface area contributed by atoms with Crippen molar-refractivity contribution < 1.29 is 29.9 Å². The van der Waals surface area contributed by atoms with Crippen molar-refractivity contribution in [3.63, 3.8) is 0 Å². The first-order valence-corrected chi connectivity index (χ1v) is 11.1. The summed E-state index contributed by atoms with van der Waals surface area (Å²) < 4.78 is 11.5. The van der Waals surface area contributed by atoms with Gasteiger partial charge in [0.05, 0.1) is 12.7 Å². The molecule has 2 heterocycles. The number of hydrogen-bond acceptors (Lipinski definition) is 6. The minimum absolute atomic E-state index is 0.168. The van der Waals surface area contributed by atoms with Crippen molar-refractivity contribution in [2.75, 3.05) is 13.2 Å². The lowest BCUT2D eigenvalue weighted by atomic mass is 9.90. The lowest BCUT2D eigenvalue weighted by molar-refractivity contribution is -0.231. The van der Waals surface area contributed by atoms with Crippen molar-refractivity contribution in [2.45, 2.75) is 62.3 Å². The van der Waals surface area contributed by atoms with E-state index in [1.807, 2.05) is 6.07 Å². The molecular weight excluding hydrogens is 420 g/mol. The Kier molecular flexibility index (Phi) is 7.29. The fourth-order valence-corrected chi connectivity index (χ4v) is 4.54. The van der Waals surface area contributed by atoms with Crippen LogP contribution >= 0.6 is 11.6 Å². The van der Waals surface area contributed by atoms with Gasteiger partial charge >= 0.3 is 0 Å². The van der Waals surface area contributed by atoms with Crippen molar-refractivity contribution in [3.8, 4) is 0 Å². The van der Waals surface area contributed by atoms with Gasteiger partial charge in [-0.25, -0.2) is 0 Å². The molecule has 0 aromatic heterocycles. The second kappa shape index (κ2) is 9.96. The van der Waals surface area contributed by atoms with Crippen LogP contribution in [-0.4, -0.2) is 58.1 Å². The van der Waals surface area contributed by atoms with Gasteiger partial charge in [0.15, 0.2) is 0 Å². The van der Waals surface area contributed by atoms with Crippen LogP contribution in [0.3, 0.4) is 0 Å². The van der Waals surface area contributed by atoms with Gasteiger partial charge in [-0.2, -0.15) is 0 Å². The van der Waals surface area contributed by atoms with Crippen molar-refractivity contribution in [3.05, 3.63) is 69.7 Å². The topological polar surface area (TPSA) is 99.4 Å². The monoisotopic (exact) mass is 448 g/mol. The van der Waals surface area contributed by atoms with Crippen molar-refractivity contribution >= 4 is 11.6 Å². The van der Waals surface area contributed by atoms with E-state index in [1.54, 1.807) is 12.1 Å². The lowest BCUT2D eigenvalue weighted by Gasteiger charge is -2.40. The maximum atomic E-state index is 10.4. The molecule has 0 saturated carbocycles. The van der Waals surface area contributed by atoms with E-state index in [2.05, 4.69) is 24.3 Å². The number of hydrogen-bond donors (Lipinski definition) is 4. The van der Waals surface area contributed by atoms with Gasteiger partial charge in [0.1, 0.15) is 30.5 Å². The number of halogens is 1. The van der Waals surface area contributed by atoms with E-state index in [4.69, 9.17) is 21.1 Å². The molecule has 2 unspecified atom stereocenters. The molecular formula is C24H29ClO6. The normalized spacial score (nSPS) is 31.5. The molecule has 0 spiro atoms. The minimum Gasteiger partial charge on any atom is -0.394 e. The standard InChI is InChI=1S/C24H29ClO6/c25-18-9-8-16(24-23(29)22(28)21(27)20(13-26)31-24)12-17(18)11-14-4-6-15(7-5-14)19-3-1-2-10-30-19/h4-9,12,19-24,26-29H,1-3,10-11,13H2/t19?,20?,21-,22+,23-,24+/m1/s1. The molecule has 2 aromatic rings. The van der Waals surface area contributed by atoms with Crippen molar-refractivity contribution in [1.29, 1.82) is 0 Å². The van der Waals surface area contributed by atoms with Crippen LogP contribution < -0.4 is 0 Å². The molecule has 0 amide bonds. The molecule has 6 nitrogen and oxygen atoms in total. The van der Waals surface area contributed by atoms with Gasteiger partial charge in [-0.3, -0.25) is 0 Å². The Morgan fingerprint density at radius 1 is 0.903 bits per heavy atom. The Labute approximate surface area is 187 Å². The van der Waals surface area contributed by atoms with Gasteiger partial charge in [0.2, 0.25) is 0 Å². The van der Waals surface area contributed by atoms with Crippen LogP contribution in [0.4, 0.5) is 0 Å². The minimum atomic E-state index is -1.41. The quantitative estimate of drug-likeness (QED) is 0.561. The fourth-order valence-electron chi connectivity index (χ4n) is 4.36. The second-order valence-electron chi connectivity index (χ2n) is 8.37. The molecule has 4 N–H and O–H groups in total. The number of aliphatic hydroxyl groups is 4. The molecule has 2 fully saturated rings. The number of ether oxygens (including phenoxy) is 2. The SMILES string of the molecule is OCC1O[C@@H](c2ccc(Cl)c(Cc3ccc(C4CCCCO4)cc3)c2)[C@H](O)[C@@H](O)[C@@H]1O. The zero-order valence-electron chi connectivity index (χ0n) is 17.2. The van der Waals surface area contributed by atoms with Crippen LogP contribution in [0.2, 0.25) is 5.02 Å². The summed E-state index contributed by atoms with van der Waals surface area (Å²) in [7, 11) is 0. The first-order valence-electron chi connectivity index (χ1n) is 10.8. The van der Waals surface area contributed by atoms with E-state index in [0.717, 1.165) is 30.6 Å². The molecule has 2 aliphatic heterocycles. The van der Waals surface area contributed by atoms with Crippen LogP contribution in [0, 0.1) is 0 Å². The predicted molar refractivity (Wildman–Crippen MR) is 116 cm³/mol. The lowest BCUT2D eigenvalue weighted by Crippen LogP contribution is -2.55. The molecule has 31 heavy (non-hydrogen) atoms. The summed E-state index contributed by atoms with van der Waals surface area (Å²) in [5.41, 5.74) is 3.76. The van der Waals surface area contributed by atoms with E-state index < -0.39 is 37.1 Å². The van der Waals surface area contributed by atoms with Crippen molar-refractivity contribution in [1.82, 2.24) is 0 Å². The van der Waals surface area contributed by atoms with Gasteiger partial charge < -0.3 is 29.9 Å². The molecule has 4 rings (SSSR count). The Balaban J connectivity index is 1.51. The molecule has 2 aliphatic rings. The molecule has 2 saturated heterocycles. The summed E-state index contributed by atoms with van der Waals surface area (Å²) in [6.45, 7) is 0.353. The van der Waals surface area contributed by atoms with E-state index in [0.29, 0.717) is 17.0 Å². The van der Waals surface area contributed by atoms with Gasteiger partial charge in [-0.15, -0.1) is 0 Å². The van der Waals surface area contributed by atoms with Crippen LogP contribution in [-0.2, 0) is 15.9 Å². The van der Waals surface area contributed by atoms with Crippen LogP contribution in [0.15, 0.2) is 42.5 Å². The first-order chi connectivity index (χ1) is 15.0. The van der Waals surface area contributed by atoms with E-state index in [9.17, 15) is 20.4 Å². The summed E-state index contributed by atoms with van der Waals surface area (Å²) in [5, 5.41) is 40.5. The third kappa shape index (κ3) is 4.96. The van der Waals surface area contributed by atoms with E-state index in [1.165, 1.54) is 12.0 Å². The Hall–Kier alpha value is -1.51. The summed E-state index contributed by atoms with van der Waals surface area (Å²) in [6.07, 6.45) is -1.82. The highest BCUT2D eigenvalue weighted by Crippen LogP contribution is 2.35. The molecule has 168 valence electrons. The Morgan fingerprint density at radius 2 is 1.65 bits per heavy atom. The first kappa shape index (κ1) is 22.7. The molecule has 0 bridgehead atoms. The molecule has 0 radical (unpaired) electrons. The average Bonchev–Trinajstić information content (AvgIpc) is 2.80. The van der Waals surface area contributed by atoms with Gasteiger partial charge in [-0.05, 0) is 54.0 Å². The molecule has 6 atom stereocenters. The number of benzene rings is 2. The van der Waals surface area contributed by atoms with Gasteiger partial charge in [0, 0.05) is 11.6 Å². The summed E-state index contributed by atoms with van der Waals surface area (Å²) >= 11 is 6.43. The van der Waals surface area contributed by atoms with Crippen LogP contribution in [0.25, 0.3) is 0 Å². The zero-order chi connectivity index (χ0) is 22.0. The summed E-state index contributed by atoms with van der Waals surface area (Å²) in [5.74, 6) is 0. The number of aliphatic hydroxyl groups excluding tert-OH is 4. The maximum Gasteiger partial charge on any atom is 0.113 e. The summed E-state index contributed by atoms with van der Waals surface area (Å²) in [4.78, 5) is 0. The Morgan fingerprint density at radius 3 is 2.32 bits per heavy atom. The fraction of sp³-hybridized carbons (Fsp3) is 0.500. The highest BCUT2D eigenvalue weighted by atomic mass is 35.5. The highest BCUT2D eigenvalue weighted by molar-refractivity contribution is 6.31. The average molecular weight is 449 g/mol. The molecule has 7 heteroatoms. The van der Waals surface area contributed by atoms with Gasteiger partial charge in [0.25, 0.3) is 0 Å². The van der Waals surface area contributed by atoms with Crippen molar-refractivity contribution in [2.24, 2.45) is 0 Å². The predicted octanol–water partition coefficient (Wildman–Crippen LogP) is 2.69. The van der Waals surface area contributed by atoms with Gasteiger partial charge in [-0.1, -0.05) is 48.0 Å². The Bertz CT molecular complexity index is 865. The zero-order valence-corrected chi connectivity index (χ0v) is 18.0. The molecule has 2 aromatic carbocycles. The smallest absolute Gasteiger partial charge is 0.113 e. The van der Waals surface area contributed by atoms with Crippen LogP contribution in [0.5, 0.6) is 0 Å². The van der Waals surface area contributed by atoms with E-state index >= 15 is 0 Å². The maximum absolute atomic E-state index is 10.4. The third-order valence-corrected chi connectivity index (χ3v) is 6.59. The van der Waals surface area contributed by atoms with Crippen LogP contribution in [0.1, 0.15) is 53.7 Å². The highest BCUT2D eigenvalue weighted by Gasteiger charge is 2.44. The van der Waals surface area contributed by atoms with E-state index in [-0.39, 0.29) is 6.10 Å². The largest absolute Gasteiger partial charge is 0.394 e. The molecule has 0 aliphatic carbocycles. The second-order valence-corrected chi connectivity index (χ2v) is 8.78. The number of rotatable bonds is 5. The third-order valence-electron chi connectivity index (χ3n) is 6.22.